The number of pyridine rings is 1. The SMILES string of the molecule is Fc1cc(Cl)cnc1NCC1=CCNCC1. The molecule has 0 unspecified atom stereocenters. The van der Waals surface area contributed by atoms with E-state index in [1.165, 1.54) is 17.8 Å². The lowest BCUT2D eigenvalue weighted by Gasteiger charge is -2.15. The van der Waals surface area contributed by atoms with E-state index in [0.717, 1.165) is 19.5 Å². The number of nitrogens with one attached hydrogen (secondary N) is 2. The first kappa shape index (κ1) is 11.4. The van der Waals surface area contributed by atoms with Crippen LogP contribution in [-0.2, 0) is 0 Å². The minimum absolute atomic E-state index is 0.254. The van der Waals surface area contributed by atoms with Gasteiger partial charge in [0, 0.05) is 19.3 Å². The quantitative estimate of drug-likeness (QED) is 0.797. The summed E-state index contributed by atoms with van der Waals surface area (Å²) in [7, 11) is 0. The molecule has 0 aromatic carbocycles. The van der Waals surface area contributed by atoms with Gasteiger partial charge in [-0.15, -0.1) is 0 Å². The number of hydrogen-bond acceptors (Lipinski definition) is 3. The highest BCUT2D eigenvalue weighted by atomic mass is 35.5. The summed E-state index contributed by atoms with van der Waals surface area (Å²) in [6, 6.07) is 1.26. The van der Waals surface area contributed by atoms with Gasteiger partial charge < -0.3 is 10.6 Å². The van der Waals surface area contributed by atoms with Crippen molar-refractivity contribution >= 4 is 17.4 Å². The van der Waals surface area contributed by atoms with Crippen LogP contribution in [0.2, 0.25) is 5.02 Å². The molecule has 5 heteroatoms. The molecule has 0 saturated heterocycles. The Hall–Kier alpha value is -1.13. The van der Waals surface area contributed by atoms with Gasteiger partial charge in [-0.1, -0.05) is 23.3 Å². The maximum atomic E-state index is 13.4. The Morgan fingerprint density at radius 2 is 2.44 bits per heavy atom. The van der Waals surface area contributed by atoms with E-state index >= 15 is 0 Å². The molecular formula is C11H13ClFN3. The first-order chi connectivity index (χ1) is 7.75. The second-order valence-electron chi connectivity index (χ2n) is 3.65. The fourth-order valence-corrected chi connectivity index (χ4v) is 1.72. The third-order valence-electron chi connectivity index (χ3n) is 2.45. The van der Waals surface area contributed by atoms with Gasteiger partial charge in [-0.05, 0) is 19.0 Å². The van der Waals surface area contributed by atoms with E-state index in [0.29, 0.717) is 11.6 Å². The smallest absolute Gasteiger partial charge is 0.166 e. The molecule has 0 bridgehead atoms. The normalized spacial score (nSPS) is 15.8. The summed E-state index contributed by atoms with van der Waals surface area (Å²) in [6.07, 6.45) is 4.54. The zero-order valence-corrected chi connectivity index (χ0v) is 9.52. The minimum Gasteiger partial charge on any atom is -0.364 e. The van der Waals surface area contributed by atoms with Crippen molar-refractivity contribution in [1.82, 2.24) is 10.3 Å². The standard InChI is InChI=1S/C11H13ClFN3/c12-9-5-10(13)11(16-7-9)15-6-8-1-3-14-4-2-8/h1,5,7,14H,2-4,6H2,(H,15,16). The Labute approximate surface area is 98.7 Å². The van der Waals surface area contributed by atoms with E-state index in [1.54, 1.807) is 0 Å². The number of hydrogen-bond donors (Lipinski definition) is 2. The highest BCUT2D eigenvalue weighted by molar-refractivity contribution is 6.30. The lowest BCUT2D eigenvalue weighted by molar-refractivity contribution is 0.624. The fraction of sp³-hybridized carbons (Fsp3) is 0.364. The molecule has 0 aliphatic carbocycles. The second-order valence-corrected chi connectivity index (χ2v) is 4.09. The molecule has 2 rings (SSSR count). The van der Waals surface area contributed by atoms with Crippen LogP contribution in [0.1, 0.15) is 6.42 Å². The summed E-state index contributed by atoms with van der Waals surface area (Å²) in [6.45, 7) is 2.49. The van der Waals surface area contributed by atoms with Gasteiger partial charge in [-0.25, -0.2) is 9.37 Å². The first-order valence-electron chi connectivity index (χ1n) is 5.19. The van der Waals surface area contributed by atoms with Crippen LogP contribution in [0.4, 0.5) is 10.2 Å². The molecule has 1 aromatic rings. The average molecular weight is 242 g/mol. The van der Waals surface area contributed by atoms with E-state index in [-0.39, 0.29) is 5.82 Å². The van der Waals surface area contributed by atoms with E-state index in [1.807, 2.05) is 0 Å². The molecule has 3 nitrogen and oxygen atoms in total. The third-order valence-corrected chi connectivity index (χ3v) is 2.66. The van der Waals surface area contributed by atoms with E-state index < -0.39 is 5.82 Å². The molecule has 0 atom stereocenters. The van der Waals surface area contributed by atoms with Gasteiger partial charge in [0.05, 0.1) is 5.02 Å². The van der Waals surface area contributed by atoms with Crippen molar-refractivity contribution in [2.75, 3.05) is 25.0 Å². The Morgan fingerprint density at radius 1 is 1.56 bits per heavy atom. The van der Waals surface area contributed by atoms with Crippen molar-refractivity contribution in [2.24, 2.45) is 0 Å². The van der Waals surface area contributed by atoms with Crippen LogP contribution in [0.15, 0.2) is 23.9 Å². The number of aromatic nitrogens is 1. The number of anilines is 1. The summed E-state index contributed by atoms with van der Waals surface area (Å²) >= 11 is 5.62. The molecule has 0 spiro atoms. The van der Waals surface area contributed by atoms with Crippen molar-refractivity contribution in [1.29, 1.82) is 0 Å². The van der Waals surface area contributed by atoms with Crippen LogP contribution < -0.4 is 10.6 Å². The van der Waals surface area contributed by atoms with Crippen molar-refractivity contribution < 1.29 is 4.39 Å². The van der Waals surface area contributed by atoms with Crippen LogP contribution in [0.25, 0.3) is 0 Å². The molecule has 2 N–H and O–H groups in total. The fourth-order valence-electron chi connectivity index (χ4n) is 1.57. The predicted octanol–water partition coefficient (Wildman–Crippen LogP) is 2.21. The molecule has 86 valence electrons. The van der Waals surface area contributed by atoms with Crippen LogP contribution in [-0.4, -0.2) is 24.6 Å². The molecular weight excluding hydrogens is 229 g/mol. The van der Waals surface area contributed by atoms with Crippen LogP contribution in [0.3, 0.4) is 0 Å². The third kappa shape index (κ3) is 2.93. The van der Waals surface area contributed by atoms with Crippen molar-refractivity contribution in [2.45, 2.75) is 6.42 Å². The van der Waals surface area contributed by atoms with E-state index in [4.69, 9.17) is 11.6 Å². The summed E-state index contributed by atoms with van der Waals surface area (Å²) < 4.78 is 13.4. The number of halogens is 2. The number of nitrogens with zero attached hydrogens (tertiary/aromatic N) is 1. The second kappa shape index (κ2) is 5.27. The Balaban J connectivity index is 1.96. The molecule has 0 fully saturated rings. The predicted molar refractivity (Wildman–Crippen MR) is 63.3 cm³/mol. The summed E-state index contributed by atoms with van der Waals surface area (Å²) in [5, 5.41) is 6.50. The highest BCUT2D eigenvalue weighted by Gasteiger charge is 2.06. The van der Waals surface area contributed by atoms with Gasteiger partial charge in [0.2, 0.25) is 0 Å². The van der Waals surface area contributed by atoms with Gasteiger partial charge in [0.25, 0.3) is 0 Å². The lowest BCUT2D eigenvalue weighted by Crippen LogP contribution is -2.23. The van der Waals surface area contributed by atoms with Gasteiger partial charge in [-0.2, -0.15) is 0 Å². The van der Waals surface area contributed by atoms with Crippen LogP contribution in [0.5, 0.6) is 0 Å². The highest BCUT2D eigenvalue weighted by Crippen LogP contribution is 2.16. The molecule has 1 aliphatic heterocycles. The largest absolute Gasteiger partial charge is 0.364 e. The minimum atomic E-state index is -0.415. The van der Waals surface area contributed by atoms with Gasteiger partial charge in [-0.3, -0.25) is 0 Å². The van der Waals surface area contributed by atoms with Crippen molar-refractivity contribution in [3.8, 4) is 0 Å². The average Bonchev–Trinajstić information content (AvgIpc) is 2.29. The van der Waals surface area contributed by atoms with Gasteiger partial charge in [0.1, 0.15) is 0 Å². The van der Waals surface area contributed by atoms with Crippen LogP contribution in [0, 0.1) is 5.82 Å². The summed E-state index contributed by atoms with van der Waals surface area (Å²) in [4.78, 5) is 3.90. The molecule has 0 amide bonds. The molecule has 1 aromatic heterocycles. The van der Waals surface area contributed by atoms with E-state index in [9.17, 15) is 4.39 Å². The van der Waals surface area contributed by atoms with Crippen molar-refractivity contribution in [3.05, 3.63) is 34.8 Å². The topological polar surface area (TPSA) is 37.0 Å². The van der Waals surface area contributed by atoms with Gasteiger partial charge >= 0.3 is 0 Å². The number of rotatable bonds is 3. The Kier molecular flexibility index (Phi) is 3.74. The molecule has 0 radical (unpaired) electrons. The summed E-state index contributed by atoms with van der Waals surface area (Å²) in [5.41, 5.74) is 1.27. The maximum absolute atomic E-state index is 13.4. The monoisotopic (exact) mass is 241 g/mol. The molecule has 1 aliphatic rings. The van der Waals surface area contributed by atoms with Crippen molar-refractivity contribution in [3.63, 3.8) is 0 Å². The van der Waals surface area contributed by atoms with E-state index in [2.05, 4.69) is 21.7 Å². The summed E-state index contributed by atoms with van der Waals surface area (Å²) in [5.74, 6) is -0.161. The first-order valence-corrected chi connectivity index (χ1v) is 5.57. The zero-order valence-electron chi connectivity index (χ0n) is 8.76. The Bertz CT molecular complexity index is 406. The molecule has 2 heterocycles. The lowest BCUT2D eigenvalue weighted by atomic mass is 10.1. The maximum Gasteiger partial charge on any atom is 0.166 e. The Morgan fingerprint density at radius 3 is 3.12 bits per heavy atom. The molecule has 0 saturated carbocycles. The van der Waals surface area contributed by atoms with Gasteiger partial charge in [0.15, 0.2) is 11.6 Å². The zero-order chi connectivity index (χ0) is 11.4. The molecule has 16 heavy (non-hydrogen) atoms. The van der Waals surface area contributed by atoms with Crippen LogP contribution >= 0.6 is 11.6 Å².